The lowest BCUT2D eigenvalue weighted by molar-refractivity contribution is 0.305. The van der Waals surface area contributed by atoms with Crippen molar-refractivity contribution in [2.75, 3.05) is 0 Å². The predicted molar refractivity (Wildman–Crippen MR) is 58.9 cm³/mol. The summed E-state index contributed by atoms with van der Waals surface area (Å²) in [4.78, 5) is 3.96. The third kappa shape index (κ3) is 2.96. The predicted octanol–water partition coefficient (Wildman–Crippen LogP) is 3.11. The van der Waals surface area contributed by atoms with Crippen LogP contribution in [-0.2, 0) is 6.61 Å². The molecule has 0 bridgehead atoms. The average Bonchev–Trinajstić information content (AvgIpc) is 2.28. The quantitative estimate of drug-likeness (QED) is 0.790. The van der Waals surface area contributed by atoms with Crippen molar-refractivity contribution in [1.82, 2.24) is 4.98 Å². The SMILES string of the molecule is Clc1[c]ccc(COc2cccnc2)c1. The lowest BCUT2D eigenvalue weighted by Gasteiger charge is -2.05. The van der Waals surface area contributed by atoms with E-state index in [0.29, 0.717) is 11.6 Å². The molecule has 0 N–H and O–H groups in total. The lowest BCUT2D eigenvalue weighted by atomic mass is 10.2. The number of ether oxygens (including phenoxy) is 1. The number of benzene rings is 1. The molecule has 0 aliphatic rings. The minimum atomic E-state index is 0.486. The van der Waals surface area contributed by atoms with Crippen LogP contribution in [0.1, 0.15) is 5.56 Å². The van der Waals surface area contributed by atoms with Crippen molar-refractivity contribution in [3.05, 3.63) is 59.4 Å². The number of hydrogen-bond acceptors (Lipinski definition) is 2. The highest BCUT2D eigenvalue weighted by atomic mass is 35.5. The summed E-state index contributed by atoms with van der Waals surface area (Å²) in [5, 5.41) is 0.599. The van der Waals surface area contributed by atoms with E-state index in [-0.39, 0.29) is 0 Å². The molecular formula is C12H9ClNO. The first-order chi connectivity index (χ1) is 7.34. The van der Waals surface area contributed by atoms with E-state index in [2.05, 4.69) is 11.1 Å². The summed E-state index contributed by atoms with van der Waals surface area (Å²) in [6, 6.07) is 12.1. The zero-order valence-electron chi connectivity index (χ0n) is 7.98. The molecule has 0 atom stereocenters. The molecule has 2 aromatic rings. The molecule has 0 saturated carbocycles. The zero-order chi connectivity index (χ0) is 10.5. The van der Waals surface area contributed by atoms with Gasteiger partial charge in [-0.2, -0.15) is 0 Å². The van der Waals surface area contributed by atoms with Crippen molar-refractivity contribution in [2.24, 2.45) is 0 Å². The Morgan fingerprint density at radius 2 is 2.33 bits per heavy atom. The summed E-state index contributed by atoms with van der Waals surface area (Å²) in [6.07, 6.45) is 3.39. The molecule has 0 aliphatic carbocycles. The van der Waals surface area contributed by atoms with E-state index in [0.717, 1.165) is 11.3 Å². The van der Waals surface area contributed by atoms with Crippen molar-refractivity contribution in [3.63, 3.8) is 0 Å². The van der Waals surface area contributed by atoms with Crippen LogP contribution in [0.25, 0.3) is 0 Å². The molecule has 1 radical (unpaired) electrons. The maximum absolute atomic E-state index is 5.80. The van der Waals surface area contributed by atoms with Crippen LogP contribution in [0.2, 0.25) is 5.02 Å². The summed E-state index contributed by atoms with van der Waals surface area (Å²) in [5.41, 5.74) is 1.02. The second-order valence-electron chi connectivity index (χ2n) is 3.02. The van der Waals surface area contributed by atoms with Crippen LogP contribution < -0.4 is 4.74 Å². The van der Waals surface area contributed by atoms with Crippen LogP contribution in [-0.4, -0.2) is 4.98 Å². The Balaban J connectivity index is 1.99. The van der Waals surface area contributed by atoms with E-state index in [1.165, 1.54) is 0 Å². The van der Waals surface area contributed by atoms with E-state index < -0.39 is 0 Å². The van der Waals surface area contributed by atoms with E-state index >= 15 is 0 Å². The monoisotopic (exact) mass is 218 g/mol. The fraction of sp³-hybridized carbons (Fsp3) is 0.0833. The normalized spacial score (nSPS) is 9.93. The minimum absolute atomic E-state index is 0.486. The van der Waals surface area contributed by atoms with Gasteiger partial charge in [-0.3, -0.25) is 4.98 Å². The molecule has 1 aromatic heterocycles. The molecule has 0 saturated heterocycles. The number of nitrogens with zero attached hydrogens (tertiary/aromatic N) is 1. The largest absolute Gasteiger partial charge is 0.487 e. The molecule has 0 unspecified atom stereocenters. The topological polar surface area (TPSA) is 22.1 Å². The van der Waals surface area contributed by atoms with Crippen molar-refractivity contribution in [3.8, 4) is 5.75 Å². The molecule has 2 nitrogen and oxygen atoms in total. The van der Waals surface area contributed by atoms with Gasteiger partial charge in [-0.25, -0.2) is 0 Å². The van der Waals surface area contributed by atoms with Gasteiger partial charge in [-0.05, 0) is 23.8 Å². The Bertz CT molecular complexity index is 431. The van der Waals surface area contributed by atoms with E-state index in [1.54, 1.807) is 18.5 Å². The highest BCUT2D eigenvalue weighted by Crippen LogP contribution is 2.13. The minimum Gasteiger partial charge on any atom is -0.487 e. The maximum atomic E-state index is 5.80. The molecule has 3 heteroatoms. The second kappa shape index (κ2) is 4.80. The lowest BCUT2D eigenvalue weighted by Crippen LogP contribution is -1.95. The molecule has 2 rings (SSSR count). The number of halogens is 1. The standard InChI is InChI=1S/C12H9ClNO/c13-11-4-1-3-10(7-11)9-15-12-5-2-6-14-8-12/h1-3,5-8H,9H2. The highest BCUT2D eigenvalue weighted by molar-refractivity contribution is 6.30. The average molecular weight is 219 g/mol. The molecular weight excluding hydrogens is 210 g/mol. The van der Waals surface area contributed by atoms with Gasteiger partial charge in [0.15, 0.2) is 0 Å². The van der Waals surface area contributed by atoms with Gasteiger partial charge in [0.25, 0.3) is 0 Å². The Labute approximate surface area is 93.5 Å². The number of hydrogen-bond donors (Lipinski definition) is 0. The maximum Gasteiger partial charge on any atom is 0.138 e. The highest BCUT2D eigenvalue weighted by Gasteiger charge is 1.96. The Hall–Kier alpha value is -1.54. The Kier molecular flexibility index (Phi) is 3.20. The summed E-state index contributed by atoms with van der Waals surface area (Å²) in [5.74, 6) is 0.751. The molecule has 1 aromatic carbocycles. The van der Waals surface area contributed by atoms with Gasteiger partial charge in [0, 0.05) is 17.3 Å². The van der Waals surface area contributed by atoms with Gasteiger partial charge >= 0.3 is 0 Å². The Morgan fingerprint density at radius 3 is 3.07 bits per heavy atom. The molecule has 0 amide bonds. The Morgan fingerprint density at radius 1 is 1.40 bits per heavy atom. The molecule has 0 aliphatic heterocycles. The summed E-state index contributed by atoms with van der Waals surface area (Å²) in [7, 11) is 0. The molecule has 0 fully saturated rings. The first-order valence-corrected chi connectivity index (χ1v) is 4.91. The van der Waals surface area contributed by atoms with Gasteiger partial charge in [0.2, 0.25) is 0 Å². The van der Waals surface area contributed by atoms with Gasteiger partial charge in [0.05, 0.1) is 6.20 Å². The number of aromatic nitrogens is 1. The molecule has 75 valence electrons. The number of pyridine rings is 1. The van der Waals surface area contributed by atoms with E-state index in [4.69, 9.17) is 16.3 Å². The van der Waals surface area contributed by atoms with Crippen LogP contribution in [0.3, 0.4) is 0 Å². The third-order valence-corrected chi connectivity index (χ3v) is 2.09. The first-order valence-electron chi connectivity index (χ1n) is 4.53. The van der Waals surface area contributed by atoms with Crippen LogP contribution in [0.5, 0.6) is 5.75 Å². The first kappa shape index (κ1) is 9.99. The molecule has 0 spiro atoms. The van der Waals surface area contributed by atoms with Crippen LogP contribution in [0, 0.1) is 6.07 Å². The van der Waals surface area contributed by atoms with E-state index in [1.807, 2.05) is 24.3 Å². The fourth-order valence-corrected chi connectivity index (χ4v) is 1.37. The van der Waals surface area contributed by atoms with Crippen LogP contribution in [0.15, 0.2) is 42.7 Å². The van der Waals surface area contributed by atoms with Crippen molar-refractivity contribution >= 4 is 11.6 Å². The van der Waals surface area contributed by atoms with Gasteiger partial charge in [-0.1, -0.05) is 23.7 Å². The summed E-state index contributed by atoms with van der Waals surface area (Å²) < 4.78 is 5.51. The van der Waals surface area contributed by atoms with Crippen molar-refractivity contribution in [1.29, 1.82) is 0 Å². The van der Waals surface area contributed by atoms with Crippen LogP contribution in [0.4, 0.5) is 0 Å². The van der Waals surface area contributed by atoms with Gasteiger partial charge in [-0.15, -0.1) is 0 Å². The third-order valence-electron chi connectivity index (χ3n) is 1.87. The molecule has 1 heterocycles. The van der Waals surface area contributed by atoms with Crippen LogP contribution >= 0.6 is 11.6 Å². The smallest absolute Gasteiger partial charge is 0.138 e. The van der Waals surface area contributed by atoms with Gasteiger partial charge < -0.3 is 4.74 Å². The summed E-state index contributed by atoms with van der Waals surface area (Å²) >= 11 is 5.80. The van der Waals surface area contributed by atoms with E-state index in [9.17, 15) is 0 Å². The van der Waals surface area contributed by atoms with Gasteiger partial charge in [0.1, 0.15) is 12.4 Å². The number of rotatable bonds is 3. The molecule has 15 heavy (non-hydrogen) atoms. The van der Waals surface area contributed by atoms with Crippen molar-refractivity contribution in [2.45, 2.75) is 6.61 Å². The zero-order valence-corrected chi connectivity index (χ0v) is 8.74. The van der Waals surface area contributed by atoms with Crippen molar-refractivity contribution < 1.29 is 4.74 Å². The summed E-state index contributed by atoms with van der Waals surface area (Å²) in [6.45, 7) is 0.486. The second-order valence-corrected chi connectivity index (χ2v) is 3.43. The fourth-order valence-electron chi connectivity index (χ4n) is 1.17.